The maximum atomic E-state index is 13.2. The highest BCUT2D eigenvalue weighted by molar-refractivity contribution is 5.27. The maximum Gasteiger partial charge on any atom is 0.164 e. The van der Waals surface area contributed by atoms with Crippen LogP contribution in [0.3, 0.4) is 0 Å². The number of halogens is 3. The van der Waals surface area contributed by atoms with Crippen LogP contribution in [0.4, 0.5) is 13.2 Å². The third-order valence-electron chi connectivity index (χ3n) is 2.26. The lowest BCUT2D eigenvalue weighted by atomic mass is 10.0. The molecule has 0 radical (unpaired) electrons. The zero-order valence-corrected chi connectivity index (χ0v) is 8.33. The summed E-state index contributed by atoms with van der Waals surface area (Å²) in [7, 11) is 0. The van der Waals surface area contributed by atoms with E-state index < -0.39 is 17.5 Å². The van der Waals surface area contributed by atoms with E-state index >= 15 is 0 Å². The van der Waals surface area contributed by atoms with Crippen LogP contribution >= 0.6 is 0 Å². The summed E-state index contributed by atoms with van der Waals surface area (Å²) in [6.07, 6.45) is 1.99. The van der Waals surface area contributed by atoms with Crippen LogP contribution in [0.2, 0.25) is 0 Å². The van der Waals surface area contributed by atoms with Gasteiger partial charge in [0.2, 0.25) is 0 Å². The van der Waals surface area contributed by atoms with Crippen LogP contribution in [0.5, 0.6) is 0 Å². The van der Waals surface area contributed by atoms with Crippen LogP contribution in [0, 0.1) is 24.4 Å². The first-order valence-corrected chi connectivity index (χ1v) is 4.70. The molecular weight excluding hydrogens is 189 g/mol. The molecule has 0 atom stereocenters. The topological polar surface area (TPSA) is 0 Å². The molecule has 14 heavy (non-hydrogen) atoms. The fourth-order valence-electron chi connectivity index (χ4n) is 1.28. The highest BCUT2D eigenvalue weighted by Gasteiger charge is 2.14. The molecule has 0 aliphatic rings. The van der Waals surface area contributed by atoms with E-state index in [0.29, 0.717) is 6.42 Å². The van der Waals surface area contributed by atoms with Gasteiger partial charge in [-0.3, -0.25) is 0 Å². The van der Waals surface area contributed by atoms with Gasteiger partial charge in [-0.2, -0.15) is 0 Å². The van der Waals surface area contributed by atoms with Crippen molar-refractivity contribution in [2.75, 3.05) is 0 Å². The Morgan fingerprint density at radius 1 is 1.14 bits per heavy atom. The lowest BCUT2D eigenvalue weighted by Crippen LogP contribution is -2.00. The van der Waals surface area contributed by atoms with Crippen LogP contribution in [-0.2, 0) is 6.42 Å². The molecule has 78 valence electrons. The van der Waals surface area contributed by atoms with E-state index in [2.05, 4.69) is 0 Å². The molecule has 0 aliphatic carbocycles. The Bertz CT molecular complexity index is 332. The van der Waals surface area contributed by atoms with Gasteiger partial charge in [0.25, 0.3) is 0 Å². The third kappa shape index (κ3) is 2.08. The first-order chi connectivity index (χ1) is 6.57. The zero-order chi connectivity index (χ0) is 10.7. The third-order valence-corrected chi connectivity index (χ3v) is 2.26. The number of hydrogen-bond acceptors (Lipinski definition) is 0. The van der Waals surface area contributed by atoms with Gasteiger partial charge in [0.1, 0.15) is 5.82 Å². The summed E-state index contributed by atoms with van der Waals surface area (Å²) in [6, 6.07) is 1.09. The molecule has 0 saturated heterocycles. The molecule has 0 saturated carbocycles. The Morgan fingerprint density at radius 2 is 1.79 bits per heavy atom. The minimum absolute atomic E-state index is 0.132. The standard InChI is InChI=1S/C11H13F3/c1-3-4-5-8-6-9(12)7(2)10(13)11(8)14/h6H,3-5H2,1-2H3. The zero-order valence-electron chi connectivity index (χ0n) is 8.33. The van der Waals surface area contributed by atoms with Crippen LogP contribution < -0.4 is 0 Å². The van der Waals surface area contributed by atoms with Gasteiger partial charge in [-0.1, -0.05) is 13.3 Å². The second kappa shape index (κ2) is 4.49. The Morgan fingerprint density at radius 3 is 2.36 bits per heavy atom. The summed E-state index contributed by atoms with van der Waals surface area (Å²) in [6.45, 7) is 3.18. The van der Waals surface area contributed by atoms with Crippen molar-refractivity contribution in [3.05, 3.63) is 34.6 Å². The Balaban J connectivity index is 3.06. The van der Waals surface area contributed by atoms with Gasteiger partial charge in [0.05, 0.1) is 0 Å². The number of hydrogen-bond donors (Lipinski definition) is 0. The second-order valence-electron chi connectivity index (χ2n) is 3.37. The van der Waals surface area contributed by atoms with Crippen molar-refractivity contribution in [1.82, 2.24) is 0 Å². The molecular formula is C11H13F3. The van der Waals surface area contributed by atoms with Crippen LogP contribution in [0.25, 0.3) is 0 Å². The lowest BCUT2D eigenvalue weighted by Gasteiger charge is -2.06. The maximum absolute atomic E-state index is 13.2. The van der Waals surface area contributed by atoms with Crippen LogP contribution in [0.1, 0.15) is 30.9 Å². The molecule has 0 aromatic heterocycles. The van der Waals surface area contributed by atoms with Crippen molar-refractivity contribution < 1.29 is 13.2 Å². The molecule has 3 heteroatoms. The highest BCUT2D eigenvalue weighted by Crippen LogP contribution is 2.20. The van der Waals surface area contributed by atoms with Gasteiger partial charge in [0, 0.05) is 5.56 Å². The summed E-state index contributed by atoms with van der Waals surface area (Å²) >= 11 is 0. The summed E-state index contributed by atoms with van der Waals surface area (Å²) in [5, 5.41) is 0. The van der Waals surface area contributed by atoms with Crippen LogP contribution in [-0.4, -0.2) is 0 Å². The SMILES string of the molecule is CCCCc1cc(F)c(C)c(F)c1F. The first-order valence-electron chi connectivity index (χ1n) is 4.70. The van der Waals surface area contributed by atoms with E-state index in [1.807, 2.05) is 6.92 Å². The number of benzene rings is 1. The number of aryl methyl sites for hydroxylation is 1. The molecule has 0 amide bonds. The van der Waals surface area contributed by atoms with E-state index in [1.165, 1.54) is 6.92 Å². The summed E-state index contributed by atoms with van der Waals surface area (Å²) < 4.78 is 39.3. The van der Waals surface area contributed by atoms with Gasteiger partial charge in [0.15, 0.2) is 11.6 Å². The molecule has 0 nitrogen and oxygen atoms in total. The quantitative estimate of drug-likeness (QED) is 0.655. The molecule has 1 aromatic rings. The average molecular weight is 202 g/mol. The van der Waals surface area contributed by atoms with Crippen molar-refractivity contribution in [3.63, 3.8) is 0 Å². The number of unbranched alkanes of at least 4 members (excludes halogenated alkanes) is 1. The second-order valence-corrected chi connectivity index (χ2v) is 3.37. The summed E-state index contributed by atoms with van der Waals surface area (Å²) in [5.41, 5.74) is -0.116. The average Bonchev–Trinajstić information content (AvgIpc) is 2.18. The minimum Gasteiger partial charge on any atom is -0.207 e. The summed E-state index contributed by atoms with van der Waals surface area (Å²) in [5.74, 6) is -2.64. The van der Waals surface area contributed by atoms with Gasteiger partial charge >= 0.3 is 0 Å². The molecule has 0 unspecified atom stereocenters. The van der Waals surface area contributed by atoms with E-state index in [0.717, 1.165) is 18.9 Å². The van der Waals surface area contributed by atoms with Crippen molar-refractivity contribution in [2.24, 2.45) is 0 Å². The lowest BCUT2D eigenvalue weighted by molar-refractivity contribution is 0.475. The molecule has 0 fully saturated rings. The molecule has 0 aliphatic heterocycles. The molecule has 0 N–H and O–H groups in total. The van der Waals surface area contributed by atoms with Crippen molar-refractivity contribution in [3.8, 4) is 0 Å². The van der Waals surface area contributed by atoms with Gasteiger partial charge in [-0.15, -0.1) is 0 Å². The smallest absolute Gasteiger partial charge is 0.164 e. The fraction of sp³-hybridized carbons (Fsp3) is 0.455. The van der Waals surface area contributed by atoms with E-state index in [4.69, 9.17) is 0 Å². The van der Waals surface area contributed by atoms with Crippen molar-refractivity contribution in [1.29, 1.82) is 0 Å². The van der Waals surface area contributed by atoms with E-state index in [-0.39, 0.29) is 11.1 Å². The van der Waals surface area contributed by atoms with Gasteiger partial charge in [-0.25, -0.2) is 13.2 Å². The number of rotatable bonds is 3. The Kier molecular flexibility index (Phi) is 3.55. The van der Waals surface area contributed by atoms with E-state index in [9.17, 15) is 13.2 Å². The first kappa shape index (κ1) is 11.1. The minimum atomic E-state index is -1.06. The highest BCUT2D eigenvalue weighted by atomic mass is 19.2. The van der Waals surface area contributed by atoms with Crippen molar-refractivity contribution >= 4 is 0 Å². The van der Waals surface area contributed by atoms with E-state index in [1.54, 1.807) is 0 Å². The Labute approximate surface area is 81.8 Å². The normalized spacial score (nSPS) is 10.6. The molecule has 0 bridgehead atoms. The van der Waals surface area contributed by atoms with Crippen LogP contribution in [0.15, 0.2) is 6.07 Å². The Hall–Kier alpha value is -0.990. The fourth-order valence-corrected chi connectivity index (χ4v) is 1.28. The molecule has 1 rings (SSSR count). The monoisotopic (exact) mass is 202 g/mol. The van der Waals surface area contributed by atoms with Gasteiger partial charge in [-0.05, 0) is 31.4 Å². The molecule has 0 spiro atoms. The summed E-state index contributed by atoms with van der Waals surface area (Å²) in [4.78, 5) is 0. The predicted molar refractivity (Wildman–Crippen MR) is 49.7 cm³/mol. The predicted octanol–water partition coefficient (Wildman–Crippen LogP) is 3.75. The largest absolute Gasteiger partial charge is 0.207 e. The van der Waals surface area contributed by atoms with Gasteiger partial charge < -0.3 is 0 Å². The molecule has 1 aromatic carbocycles. The van der Waals surface area contributed by atoms with Crippen molar-refractivity contribution in [2.45, 2.75) is 33.1 Å². The molecule has 0 heterocycles.